The quantitative estimate of drug-likeness (QED) is 0.112. The molecule has 0 aliphatic carbocycles. The summed E-state index contributed by atoms with van der Waals surface area (Å²) in [4.78, 5) is 88.2. The highest BCUT2D eigenvalue weighted by Crippen LogP contribution is 2.17. The van der Waals surface area contributed by atoms with E-state index in [2.05, 4.69) is 21.3 Å². The summed E-state index contributed by atoms with van der Waals surface area (Å²) >= 11 is 0. The van der Waals surface area contributed by atoms with Crippen LogP contribution in [0.25, 0.3) is 10.8 Å². The Labute approximate surface area is 272 Å². The average molecular weight is 645 g/mol. The number of hydrogen-bond donors (Lipinski definition) is 6. The molecule has 3 aromatic rings. The third-order valence-corrected chi connectivity index (χ3v) is 7.62. The van der Waals surface area contributed by atoms with E-state index >= 15 is 0 Å². The second-order valence-electron chi connectivity index (χ2n) is 11.3. The molecule has 0 saturated heterocycles. The molecule has 0 aliphatic heterocycles. The number of amides is 6. The Morgan fingerprint density at radius 1 is 0.723 bits per heavy atom. The molecule has 1 unspecified atom stereocenters. The molecule has 0 spiro atoms. The highest BCUT2D eigenvalue weighted by atomic mass is 16.2. The first-order valence-corrected chi connectivity index (χ1v) is 15.2. The topological polar surface area (TPSA) is 220 Å². The third-order valence-electron chi connectivity index (χ3n) is 7.62. The van der Waals surface area contributed by atoms with Crippen molar-refractivity contribution in [1.82, 2.24) is 21.3 Å². The van der Waals surface area contributed by atoms with E-state index in [0.717, 1.165) is 16.3 Å². The second-order valence-corrected chi connectivity index (χ2v) is 11.3. The number of primary amides is 2. The maximum atomic E-state index is 13.2. The standard InChI is InChI=1S/C34H40N6O7/c1-3-20(2)30(40-33(46)26(18-27(35)41)39-28(42)17-21-9-5-4-6-10-21)31(44)34(47)37-19-29(43)38-25(32(36)45)16-22-13-14-23-11-7-8-12-24(23)15-22/h4-15,20,25-26,30H,3,16-19H2,1-2H3,(H2,35,41)(H2,36,45)(H,37,47)(H,38,43)(H,39,42)(H,40,46)/t20-,25-,26-,30?/m0/s1. The highest BCUT2D eigenvalue weighted by Gasteiger charge is 2.34. The number of rotatable bonds is 17. The van der Waals surface area contributed by atoms with E-state index in [1.54, 1.807) is 44.2 Å². The molecule has 0 radical (unpaired) electrons. The van der Waals surface area contributed by atoms with Crippen LogP contribution in [0.5, 0.6) is 0 Å². The summed E-state index contributed by atoms with van der Waals surface area (Å²) < 4.78 is 0. The summed E-state index contributed by atoms with van der Waals surface area (Å²) in [5.41, 5.74) is 12.2. The van der Waals surface area contributed by atoms with Crippen LogP contribution >= 0.6 is 0 Å². The number of carbonyl (C=O) groups excluding carboxylic acids is 7. The fraction of sp³-hybridized carbons (Fsp3) is 0.324. The van der Waals surface area contributed by atoms with Crippen LogP contribution in [0.3, 0.4) is 0 Å². The van der Waals surface area contributed by atoms with Crippen molar-refractivity contribution in [3.8, 4) is 0 Å². The van der Waals surface area contributed by atoms with E-state index < -0.39 is 78.2 Å². The lowest BCUT2D eigenvalue weighted by Crippen LogP contribution is -2.57. The van der Waals surface area contributed by atoms with E-state index in [1.807, 2.05) is 42.5 Å². The number of Topliss-reactive ketones (excluding diaryl/α,β-unsaturated/α-hetero) is 1. The summed E-state index contributed by atoms with van der Waals surface area (Å²) in [5, 5.41) is 11.6. The summed E-state index contributed by atoms with van der Waals surface area (Å²) in [6, 6.07) is 18.1. The van der Waals surface area contributed by atoms with E-state index in [1.165, 1.54) is 0 Å². The van der Waals surface area contributed by atoms with Gasteiger partial charge in [0.1, 0.15) is 12.1 Å². The van der Waals surface area contributed by atoms with Crippen molar-refractivity contribution >= 4 is 52.0 Å². The molecule has 248 valence electrons. The van der Waals surface area contributed by atoms with Gasteiger partial charge in [0.05, 0.1) is 25.4 Å². The van der Waals surface area contributed by atoms with Gasteiger partial charge < -0.3 is 32.7 Å². The highest BCUT2D eigenvalue weighted by molar-refractivity contribution is 6.38. The summed E-state index contributed by atoms with van der Waals surface area (Å²) in [5.74, 6) is -6.59. The summed E-state index contributed by atoms with van der Waals surface area (Å²) in [6.45, 7) is 2.72. The zero-order valence-corrected chi connectivity index (χ0v) is 26.3. The molecular weight excluding hydrogens is 604 g/mol. The van der Waals surface area contributed by atoms with Gasteiger partial charge in [-0.15, -0.1) is 0 Å². The van der Waals surface area contributed by atoms with Gasteiger partial charge in [0.2, 0.25) is 35.3 Å². The van der Waals surface area contributed by atoms with E-state index in [9.17, 15) is 33.6 Å². The number of fused-ring (bicyclic) bond motifs is 1. The van der Waals surface area contributed by atoms with Gasteiger partial charge in [0.15, 0.2) is 0 Å². The normalized spacial score (nSPS) is 13.3. The van der Waals surface area contributed by atoms with Crippen molar-refractivity contribution in [2.45, 2.75) is 57.7 Å². The molecule has 4 atom stereocenters. The van der Waals surface area contributed by atoms with Crippen molar-refractivity contribution in [3.05, 3.63) is 83.9 Å². The second kappa shape index (κ2) is 17.2. The Morgan fingerprint density at radius 3 is 2.00 bits per heavy atom. The van der Waals surface area contributed by atoms with Gasteiger partial charge in [-0.2, -0.15) is 0 Å². The SMILES string of the molecule is CC[C@H](C)C(NC(=O)[C@H](CC(N)=O)NC(=O)Cc1ccccc1)C(=O)C(=O)NCC(=O)N[C@@H](Cc1ccc2ccccc2c1)C(N)=O. The summed E-state index contributed by atoms with van der Waals surface area (Å²) in [7, 11) is 0. The number of ketones is 1. The molecule has 0 aromatic heterocycles. The molecule has 6 amide bonds. The van der Waals surface area contributed by atoms with Crippen LogP contribution in [-0.4, -0.2) is 65.9 Å². The van der Waals surface area contributed by atoms with Crippen molar-refractivity contribution in [3.63, 3.8) is 0 Å². The maximum Gasteiger partial charge on any atom is 0.290 e. The van der Waals surface area contributed by atoms with Crippen molar-refractivity contribution in [2.24, 2.45) is 17.4 Å². The lowest BCUT2D eigenvalue weighted by molar-refractivity contribution is -0.142. The first-order chi connectivity index (χ1) is 22.4. The minimum absolute atomic E-state index is 0.0690. The molecule has 0 aliphatic rings. The predicted octanol–water partition coefficient (Wildman–Crippen LogP) is 0.172. The molecule has 13 nitrogen and oxygen atoms in total. The van der Waals surface area contributed by atoms with Crippen LogP contribution in [0.1, 0.15) is 37.8 Å². The molecule has 3 rings (SSSR count). The molecule has 13 heteroatoms. The largest absolute Gasteiger partial charge is 0.370 e. The molecule has 0 fully saturated rings. The zero-order valence-electron chi connectivity index (χ0n) is 26.3. The van der Waals surface area contributed by atoms with Crippen LogP contribution in [-0.2, 0) is 46.4 Å². The first-order valence-electron chi connectivity index (χ1n) is 15.2. The Balaban J connectivity index is 1.61. The lowest BCUT2D eigenvalue weighted by Gasteiger charge is -2.25. The van der Waals surface area contributed by atoms with Crippen LogP contribution in [0, 0.1) is 5.92 Å². The molecule has 8 N–H and O–H groups in total. The number of carbonyl (C=O) groups is 7. The first kappa shape index (κ1) is 35.9. The van der Waals surface area contributed by atoms with Gasteiger partial charge in [-0.25, -0.2) is 0 Å². The van der Waals surface area contributed by atoms with Crippen molar-refractivity contribution < 1.29 is 33.6 Å². The number of benzene rings is 3. The van der Waals surface area contributed by atoms with E-state index in [4.69, 9.17) is 11.5 Å². The monoisotopic (exact) mass is 644 g/mol. The summed E-state index contributed by atoms with van der Waals surface area (Å²) in [6.07, 6.45) is -0.129. The average Bonchev–Trinajstić information content (AvgIpc) is 3.04. The third kappa shape index (κ3) is 11.1. The molecule has 47 heavy (non-hydrogen) atoms. The molecule has 0 heterocycles. The Bertz CT molecular complexity index is 1630. The van der Waals surface area contributed by atoms with Crippen LogP contribution in [0.2, 0.25) is 0 Å². The Kier molecular flexibility index (Phi) is 13.1. The zero-order chi connectivity index (χ0) is 34.5. The van der Waals surface area contributed by atoms with Gasteiger partial charge in [-0.05, 0) is 27.8 Å². The number of nitrogens with one attached hydrogen (secondary N) is 4. The minimum atomic E-state index is -1.40. The minimum Gasteiger partial charge on any atom is -0.370 e. The Hall–Kier alpha value is -5.59. The van der Waals surface area contributed by atoms with Crippen LogP contribution in [0.15, 0.2) is 72.8 Å². The lowest BCUT2D eigenvalue weighted by atomic mass is 9.94. The molecule has 3 aromatic carbocycles. The van der Waals surface area contributed by atoms with Crippen molar-refractivity contribution in [2.75, 3.05) is 6.54 Å². The Morgan fingerprint density at radius 2 is 1.36 bits per heavy atom. The van der Waals surface area contributed by atoms with Gasteiger partial charge >= 0.3 is 0 Å². The van der Waals surface area contributed by atoms with Gasteiger partial charge in [0, 0.05) is 6.42 Å². The van der Waals surface area contributed by atoms with Crippen LogP contribution < -0.4 is 32.7 Å². The molecular formula is C34H40N6O7. The molecule has 0 saturated carbocycles. The van der Waals surface area contributed by atoms with Gasteiger partial charge in [-0.1, -0.05) is 93.1 Å². The number of nitrogens with two attached hydrogens (primary N) is 2. The predicted molar refractivity (Wildman–Crippen MR) is 174 cm³/mol. The smallest absolute Gasteiger partial charge is 0.290 e. The van der Waals surface area contributed by atoms with Crippen LogP contribution in [0.4, 0.5) is 0 Å². The van der Waals surface area contributed by atoms with Gasteiger partial charge in [0.25, 0.3) is 5.91 Å². The number of hydrogen-bond acceptors (Lipinski definition) is 7. The van der Waals surface area contributed by atoms with Gasteiger partial charge in [-0.3, -0.25) is 33.6 Å². The fourth-order valence-electron chi connectivity index (χ4n) is 4.85. The fourth-order valence-corrected chi connectivity index (χ4v) is 4.85. The molecule has 0 bridgehead atoms. The van der Waals surface area contributed by atoms with E-state index in [-0.39, 0.29) is 12.8 Å². The van der Waals surface area contributed by atoms with E-state index in [0.29, 0.717) is 12.0 Å². The van der Waals surface area contributed by atoms with Crippen molar-refractivity contribution in [1.29, 1.82) is 0 Å². The maximum absolute atomic E-state index is 13.2.